The van der Waals surface area contributed by atoms with Gasteiger partial charge in [0.25, 0.3) is 0 Å². The van der Waals surface area contributed by atoms with Gasteiger partial charge < -0.3 is 20.4 Å². The molecule has 4 N–H and O–H groups in total. The fourth-order valence-electron chi connectivity index (χ4n) is 0.403. The van der Waals surface area contributed by atoms with Crippen molar-refractivity contribution in [1.29, 1.82) is 0 Å². The van der Waals surface area contributed by atoms with Crippen LogP contribution >= 0.6 is 0 Å². The Hall–Kier alpha value is -2.64. The number of hydrogen-bond acceptors (Lipinski definition) is 4. The molecule has 0 spiro atoms. The summed E-state index contributed by atoms with van der Waals surface area (Å²) in [5.41, 5.74) is 0. The quantitative estimate of drug-likeness (QED) is 0.487. The Morgan fingerprint density at radius 1 is 0.706 bits per heavy atom. The first kappa shape index (κ1) is 16.8. The Bertz CT molecular complexity index is 336. The van der Waals surface area contributed by atoms with Crippen LogP contribution in [0.2, 0.25) is 0 Å². The monoisotopic (exact) mass is 246 g/mol. The average molecular weight is 246 g/mol. The summed E-state index contributed by atoms with van der Waals surface area (Å²) >= 11 is 0. The second kappa shape index (κ2) is 9.90. The molecule has 8 heteroatoms. The van der Waals surface area contributed by atoms with Gasteiger partial charge in [0, 0.05) is 18.2 Å². The molecule has 0 saturated carbocycles. The second-order valence-corrected chi connectivity index (χ2v) is 2.35. The van der Waals surface area contributed by atoms with E-state index in [9.17, 15) is 19.2 Å². The van der Waals surface area contributed by atoms with Crippen LogP contribution in [-0.2, 0) is 19.2 Å². The first-order chi connectivity index (χ1) is 7.75. The van der Waals surface area contributed by atoms with Gasteiger partial charge in [-0.05, 0) is 0 Å². The van der Waals surface area contributed by atoms with E-state index in [1.54, 1.807) is 0 Å². The highest BCUT2D eigenvalue weighted by molar-refractivity contribution is 5.89. The van der Waals surface area contributed by atoms with E-state index in [-0.39, 0.29) is 6.42 Å². The Kier molecular flexibility index (Phi) is 9.77. The maximum Gasteiger partial charge on any atom is 0.328 e. The zero-order chi connectivity index (χ0) is 13.8. The lowest BCUT2D eigenvalue weighted by Crippen LogP contribution is -1.92. The van der Waals surface area contributed by atoms with E-state index in [0.29, 0.717) is 12.2 Å². The summed E-state index contributed by atoms with van der Waals surface area (Å²) in [6, 6.07) is 0. The van der Waals surface area contributed by atoms with E-state index in [4.69, 9.17) is 20.4 Å². The molecule has 0 rings (SSSR count). The normalized spacial score (nSPS) is 9.65. The zero-order valence-electron chi connectivity index (χ0n) is 8.44. The number of carbonyl (C=O) groups is 4. The maximum atomic E-state index is 9.74. The number of carboxylic acid groups (broad SMARTS) is 4. The van der Waals surface area contributed by atoms with Crippen LogP contribution in [0.3, 0.4) is 0 Å². The smallest absolute Gasteiger partial charge is 0.328 e. The van der Waals surface area contributed by atoms with Gasteiger partial charge in [0.15, 0.2) is 0 Å². The largest absolute Gasteiger partial charge is 0.481 e. The standard InChI is InChI=1S/C5H6O4.C4H4O4/c6-4(7)2-1-3-5(8)9;5-3(6)1-2-4(7)8/h1-2H,3H2,(H,6,7)(H,8,9);1-2H,(H,5,6)(H,7,8)/b2-1+;2-1-. The lowest BCUT2D eigenvalue weighted by molar-refractivity contribution is -0.136. The van der Waals surface area contributed by atoms with Crippen LogP contribution in [0.5, 0.6) is 0 Å². The molecule has 0 aliphatic heterocycles. The van der Waals surface area contributed by atoms with Crippen molar-refractivity contribution in [3.05, 3.63) is 24.3 Å². The molecule has 0 bridgehead atoms. The van der Waals surface area contributed by atoms with Crippen molar-refractivity contribution in [1.82, 2.24) is 0 Å². The molecule has 0 unspecified atom stereocenters. The van der Waals surface area contributed by atoms with Crippen molar-refractivity contribution in [2.24, 2.45) is 0 Å². The summed E-state index contributed by atoms with van der Waals surface area (Å²) in [4.78, 5) is 38.5. The Labute approximate surface area is 95.1 Å². The third-order valence-corrected chi connectivity index (χ3v) is 0.921. The molecule has 0 fully saturated rings. The minimum Gasteiger partial charge on any atom is -0.481 e. The number of aliphatic carboxylic acids is 4. The third-order valence-electron chi connectivity index (χ3n) is 0.921. The predicted molar refractivity (Wildman–Crippen MR) is 53.4 cm³/mol. The summed E-state index contributed by atoms with van der Waals surface area (Å²) < 4.78 is 0. The van der Waals surface area contributed by atoms with Gasteiger partial charge in [-0.1, -0.05) is 6.08 Å². The molecule has 0 aliphatic rings. The van der Waals surface area contributed by atoms with Crippen molar-refractivity contribution in [3.8, 4) is 0 Å². The van der Waals surface area contributed by atoms with Crippen LogP contribution in [0, 0.1) is 0 Å². The second-order valence-electron chi connectivity index (χ2n) is 2.35. The topological polar surface area (TPSA) is 149 Å². The Morgan fingerprint density at radius 3 is 1.29 bits per heavy atom. The molecule has 8 nitrogen and oxygen atoms in total. The SMILES string of the molecule is O=C(O)/C=C/CC(=O)O.O=C(O)/C=C\C(=O)O. The van der Waals surface area contributed by atoms with Gasteiger partial charge in [0.2, 0.25) is 0 Å². The summed E-state index contributed by atoms with van der Waals surface area (Å²) in [6.45, 7) is 0. The van der Waals surface area contributed by atoms with Crippen molar-refractivity contribution in [3.63, 3.8) is 0 Å². The van der Waals surface area contributed by atoms with E-state index in [1.807, 2.05) is 0 Å². The average Bonchev–Trinajstić information content (AvgIpc) is 2.14. The number of hydrogen-bond donors (Lipinski definition) is 4. The maximum absolute atomic E-state index is 9.74. The molecule has 0 aromatic carbocycles. The van der Waals surface area contributed by atoms with Gasteiger partial charge in [-0.3, -0.25) is 4.79 Å². The van der Waals surface area contributed by atoms with Gasteiger partial charge in [-0.15, -0.1) is 0 Å². The van der Waals surface area contributed by atoms with E-state index in [2.05, 4.69) is 0 Å². The number of rotatable bonds is 5. The van der Waals surface area contributed by atoms with Crippen LogP contribution in [-0.4, -0.2) is 44.3 Å². The molecule has 0 aromatic heterocycles. The van der Waals surface area contributed by atoms with Crippen LogP contribution in [0.1, 0.15) is 6.42 Å². The van der Waals surface area contributed by atoms with Crippen LogP contribution < -0.4 is 0 Å². The Balaban J connectivity index is 0. The van der Waals surface area contributed by atoms with Crippen molar-refractivity contribution >= 4 is 23.9 Å². The summed E-state index contributed by atoms with van der Waals surface area (Å²) in [7, 11) is 0. The number of carboxylic acids is 4. The van der Waals surface area contributed by atoms with E-state index in [0.717, 1.165) is 12.2 Å². The molecule has 0 heterocycles. The molecular formula is C9H10O8. The Morgan fingerprint density at radius 2 is 1.06 bits per heavy atom. The minimum absolute atomic E-state index is 0.244. The van der Waals surface area contributed by atoms with E-state index in [1.165, 1.54) is 0 Å². The molecule has 0 atom stereocenters. The fourth-order valence-corrected chi connectivity index (χ4v) is 0.403. The van der Waals surface area contributed by atoms with Crippen molar-refractivity contribution in [2.45, 2.75) is 6.42 Å². The molecule has 0 saturated heterocycles. The molecule has 0 aliphatic carbocycles. The van der Waals surface area contributed by atoms with Crippen molar-refractivity contribution in [2.75, 3.05) is 0 Å². The highest BCUT2D eigenvalue weighted by atomic mass is 16.4. The highest BCUT2D eigenvalue weighted by Gasteiger charge is 1.90. The van der Waals surface area contributed by atoms with Gasteiger partial charge in [0.05, 0.1) is 6.42 Å². The molecule has 0 aromatic rings. The molecule has 94 valence electrons. The molecule has 0 amide bonds. The summed E-state index contributed by atoms with van der Waals surface area (Å²) in [5.74, 6) is -4.68. The lowest BCUT2D eigenvalue weighted by Gasteiger charge is -1.79. The van der Waals surface area contributed by atoms with Gasteiger partial charge in [0.1, 0.15) is 0 Å². The molecule has 17 heavy (non-hydrogen) atoms. The fraction of sp³-hybridized carbons (Fsp3) is 0.111. The molecular weight excluding hydrogens is 236 g/mol. The van der Waals surface area contributed by atoms with E-state index < -0.39 is 23.9 Å². The van der Waals surface area contributed by atoms with Crippen molar-refractivity contribution < 1.29 is 39.6 Å². The van der Waals surface area contributed by atoms with Crippen LogP contribution in [0.15, 0.2) is 24.3 Å². The molecule has 0 radical (unpaired) electrons. The van der Waals surface area contributed by atoms with Gasteiger partial charge in [-0.25, -0.2) is 14.4 Å². The van der Waals surface area contributed by atoms with Crippen LogP contribution in [0.4, 0.5) is 0 Å². The van der Waals surface area contributed by atoms with Gasteiger partial charge in [-0.2, -0.15) is 0 Å². The third kappa shape index (κ3) is 24.7. The highest BCUT2D eigenvalue weighted by Crippen LogP contribution is 1.81. The predicted octanol–water partition coefficient (Wildman–Crippen LogP) is -0.186. The summed E-state index contributed by atoms with van der Waals surface area (Å²) in [6.07, 6.45) is 2.75. The summed E-state index contributed by atoms with van der Waals surface area (Å²) in [5, 5.41) is 31.6. The van der Waals surface area contributed by atoms with Gasteiger partial charge >= 0.3 is 23.9 Å². The first-order valence-corrected chi connectivity index (χ1v) is 4.01. The lowest BCUT2D eigenvalue weighted by atomic mass is 10.4. The van der Waals surface area contributed by atoms with Crippen LogP contribution in [0.25, 0.3) is 0 Å². The minimum atomic E-state index is -1.26. The zero-order valence-corrected chi connectivity index (χ0v) is 8.44. The van der Waals surface area contributed by atoms with E-state index >= 15 is 0 Å². The first-order valence-electron chi connectivity index (χ1n) is 4.01.